The van der Waals surface area contributed by atoms with Gasteiger partial charge in [0.1, 0.15) is 0 Å². The van der Waals surface area contributed by atoms with Gasteiger partial charge in [-0.1, -0.05) is 20.3 Å². The summed E-state index contributed by atoms with van der Waals surface area (Å²) in [4.78, 5) is 2.49. The highest BCUT2D eigenvalue weighted by atomic mass is 16.5. The number of nitrogens with zero attached hydrogens (tertiary/aromatic N) is 1. The van der Waals surface area contributed by atoms with Gasteiger partial charge in [-0.2, -0.15) is 0 Å². The van der Waals surface area contributed by atoms with Gasteiger partial charge < -0.3 is 9.64 Å². The van der Waals surface area contributed by atoms with E-state index in [1.165, 1.54) is 38.8 Å². The molecule has 0 aromatic rings. The van der Waals surface area contributed by atoms with Gasteiger partial charge in [0, 0.05) is 19.8 Å². The molecule has 0 aromatic heterocycles. The molecule has 90 valence electrons. The van der Waals surface area contributed by atoms with Gasteiger partial charge in [0.2, 0.25) is 0 Å². The second-order valence-corrected chi connectivity index (χ2v) is 5.12. The van der Waals surface area contributed by atoms with E-state index >= 15 is 0 Å². The van der Waals surface area contributed by atoms with E-state index in [4.69, 9.17) is 4.74 Å². The van der Waals surface area contributed by atoms with Crippen LogP contribution in [0.2, 0.25) is 0 Å². The van der Waals surface area contributed by atoms with Crippen molar-refractivity contribution in [2.45, 2.75) is 39.5 Å². The van der Waals surface area contributed by atoms with Crippen LogP contribution < -0.4 is 0 Å². The topological polar surface area (TPSA) is 12.5 Å². The van der Waals surface area contributed by atoms with E-state index in [2.05, 4.69) is 25.8 Å². The smallest absolute Gasteiger partial charge is 0.0468 e. The molecule has 1 aliphatic heterocycles. The van der Waals surface area contributed by atoms with Crippen LogP contribution in [0.5, 0.6) is 0 Å². The maximum atomic E-state index is 5.37. The van der Waals surface area contributed by atoms with Crippen LogP contribution in [-0.4, -0.2) is 38.3 Å². The van der Waals surface area contributed by atoms with E-state index < -0.39 is 0 Å². The molecule has 0 saturated carbocycles. The summed E-state index contributed by atoms with van der Waals surface area (Å²) in [5.41, 5.74) is 0. The van der Waals surface area contributed by atoms with Crippen molar-refractivity contribution in [1.29, 1.82) is 0 Å². The molecule has 0 amide bonds. The standard InChI is InChI=1S/C13H27NO/c1-4-12(2)11-14(3)8-5-13-6-9-15-10-7-13/h12-13H,4-11H2,1-3H3/t12-/m1/s1. The number of rotatable bonds is 6. The molecule has 0 N–H and O–H groups in total. The van der Waals surface area contributed by atoms with E-state index in [9.17, 15) is 0 Å². The first-order valence-corrected chi connectivity index (χ1v) is 6.48. The predicted octanol–water partition coefficient (Wildman–Crippen LogP) is 2.78. The molecule has 0 radical (unpaired) electrons. The molecule has 1 rings (SSSR count). The fraction of sp³-hybridized carbons (Fsp3) is 1.00. The van der Waals surface area contributed by atoms with Crippen LogP contribution in [0.15, 0.2) is 0 Å². The molecule has 0 spiro atoms. The summed E-state index contributed by atoms with van der Waals surface area (Å²) < 4.78 is 5.37. The van der Waals surface area contributed by atoms with Crippen LogP contribution in [0.3, 0.4) is 0 Å². The minimum atomic E-state index is 0.838. The first-order valence-electron chi connectivity index (χ1n) is 6.48. The molecule has 2 heteroatoms. The van der Waals surface area contributed by atoms with Crippen LogP contribution in [-0.2, 0) is 4.74 Å². The normalized spacial score (nSPS) is 20.8. The highest BCUT2D eigenvalue weighted by Gasteiger charge is 2.14. The Balaban J connectivity index is 2.07. The SMILES string of the molecule is CC[C@@H](C)CN(C)CCC1CCOCC1. The Kier molecular flexibility index (Phi) is 6.26. The Morgan fingerprint density at radius 3 is 2.60 bits per heavy atom. The number of ether oxygens (including phenoxy) is 1. The average molecular weight is 213 g/mol. The third kappa shape index (κ3) is 5.53. The van der Waals surface area contributed by atoms with Gasteiger partial charge in [-0.15, -0.1) is 0 Å². The quantitative estimate of drug-likeness (QED) is 0.672. The summed E-state index contributed by atoms with van der Waals surface area (Å²) in [5.74, 6) is 1.75. The van der Waals surface area contributed by atoms with Crippen molar-refractivity contribution in [3.63, 3.8) is 0 Å². The van der Waals surface area contributed by atoms with Crippen LogP contribution in [0.1, 0.15) is 39.5 Å². The van der Waals surface area contributed by atoms with Gasteiger partial charge in [0.25, 0.3) is 0 Å². The van der Waals surface area contributed by atoms with Crippen molar-refractivity contribution < 1.29 is 4.74 Å². The zero-order valence-corrected chi connectivity index (χ0v) is 10.7. The van der Waals surface area contributed by atoms with E-state index in [-0.39, 0.29) is 0 Å². The Hall–Kier alpha value is -0.0800. The molecule has 1 atom stereocenters. The summed E-state index contributed by atoms with van der Waals surface area (Å²) in [7, 11) is 2.26. The van der Waals surface area contributed by atoms with Gasteiger partial charge in [-0.3, -0.25) is 0 Å². The van der Waals surface area contributed by atoms with Crippen LogP contribution in [0.25, 0.3) is 0 Å². The summed E-state index contributed by atoms with van der Waals surface area (Å²) in [6.45, 7) is 9.09. The third-order valence-electron chi connectivity index (χ3n) is 3.58. The van der Waals surface area contributed by atoms with E-state index in [1.54, 1.807) is 0 Å². The highest BCUT2D eigenvalue weighted by molar-refractivity contribution is 4.66. The summed E-state index contributed by atoms with van der Waals surface area (Å²) in [5, 5.41) is 0. The lowest BCUT2D eigenvalue weighted by atomic mass is 9.96. The third-order valence-corrected chi connectivity index (χ3v) is 3.58. The monoisotopic (exact) mass is 213 g/mol. The lowest BCUT2D eigenvalue weighted by Gasteiger charge is -2.26. The van der Waals surface area contributed by atoms with E-state index in [0.717, 1.165) is 25.0 Å². The molecule has 1 aliphatic rings. The molecule has 0 bridgehead atoms. The molecule has 1 heterocycles. The fourth-order valence-electron chi connectivity index (χ4n) is 2.19. The molecular weight excluding hydrogens is 186 g/mol. The number of hydrogen-bond donors (Lipinski definition) is 0. The predicted molar refractivity (Wildman–Crippen MR) is 65.1 cm³/mol. The minimum Gasteiger partial charge on any atom is -0.381 e. The molecule has 0 unspecified atom stereocenters. The summed E-state index contributed by atoms with van der Waals surface area (Å²) in [6.07, 6.45) is 5.20. The maximum Gasteiger partial charge on any atom is 0.0468 e. The van der Waals surface area contributed by atoms with Crippen molar-refractivity contribution in [2.75, 3.05) is 33.4 Å². The summed E-state index contributed by atoms with van der Waals surface area (Å²) >= 11 is 0. The van der Waals surface area contributed by atoms with Crippen molar-refractivity contribution in [3.05, 3.63) is 0 Å². The van der Waals surface area contributed by atoms with E-state index in [0.29, 0.717) is 0 Å². The van der Waals surface area contributed by atoms with Gasteiger partial charge in [0.05, 0.1) is 0 Å². The number of hydrogen-bond acceptors (Lipinski definition) is 2. The average Bonchev–Trinajstić information content (AvgIpc) is 2.27. The molecule has 0 aromatic carbocycles. The Morgan fingerprint density at radius 2 is 2.00 bits per heavy atom. The molecule has 0 aliphatic carbocycles. The summed E-state index contributed by atoms with van der Waals surface area (Å²) in [6, 6.07) is 0. The van der Waals surface area contributed by atoms with Crippen LogP contribution in [0, 0.1) is 11.8 Å². The van der Waals surface area contributed by atoms with Crippen molar-refractivity contribution in [1.82, 2.24) is 4.90 Å². The second-order valence-electron chi connectivity index (χ2n) is 5.12. The molecular formula is C13H27NO. The lowest BCUT2D eigenvalue weighted by Crippen LogP contribution is -2.28. The molecule has 1 saturated heterocycles. The van der Waals surface area contributed by atoms with Crippen LogP contribution >= 0.6 is 0 Å². The Morgan fingerprint density at radius 1 is 1.33 bits per heavy atom. The van der Waals surface area contributed by atoms with Crippen LogP contribution in [0.4, 0.5) is 0 Å². The van der Waals surface area contributed by atoms with Crippen molar-refractivity contribution in [3.8, 4) is 0 Å². The largest absolute Gasteiger partial charge is 0.381 e. The van der Waals surface area contributed by atoms with E-state index in [1.807, 2.05) is 0 Å². The first kappa shape index (κ1) is 13.0. The molecule has 2 nitrogen and oxygen atoms in total. The Labute approximate surface area is 95.0 Å². The van der Waals surface area contributed by atoms with Gasteiger partial charge >= 0.3 is 0 Å². The zero-order chi connectivity index (χ0) is 11.1. The first-order chi connectivity index (χ1) is 7.22. The van der Waals surface area contributed by atoms with Gasteiger partial charge in [-0.05, 0) is 44.7 Å². The maximum absolute atomic E-state index is 5.37. The van der Waals surface area contributed by atoms with Gasteiger partial charge in [-0.25, -0.2) is 0 Å². The van der Waals surface area contributed by atoms with Crippen molar-refractivity contribution >= 4 is 0 Å². The zero-order valence-electron chi connectivity index (χ0n) is 10.7. The van der Waals surface area contributed by atoms with Gasteiger partial charge in [0.15, 0.2) is 0 Å². The van der Waals surface area contributed by atoms with Crippen molar-refractivity contribution in [2.24, 2.45) is 11.8 Å². The highest BCUT2D eigenvalue weighted by Crippen LogP contribution is 2.18. The lowest BCUT2D eigenvalue weighted by molar-refractivity contribution is 0.0606. The Bertz CT molecular complexity index is 155. The fourth-order valence-corrected chi connectivity index (χ4v) is 2.19. The molecule has 15 heavy (non-hydrogen) atoms. The molecule has 1 fully saturated rings. The minimum absolute atomic E-state index is 0.838. The second kappa shape index (κ2) is 7.24.